The van der Waals surface area contributed by atoms with Crippen molar-refractivity contribution in [3.8, 4) is 11.5 Å². The summed E-state index contributed by atoms with van der Waals surface area (Å²) in [6.07, 6.45) is 3.59. The zero-order valence-corrected chi connectivity index (χ0v) is 21.6. The predicted octanol–water partition coefficient (Wildman–Crippen LogP) is 4.85. The van der Waals surface area contributed by atoms with E-state index >= 15 is 0 Å². The average Bonchev–Trinajstić information content (AvgIpc) is 2.91. The highest BCUT2D eigenvalue weighted by Crippen LogP contribution is 2.37. The van der Waals surface area contributed by atoms with Crippen molar-refractivity contribution in [3.63, 3.8) is 0 Å². The Morgan fingerprint density at radius 2 is 1.79 bits per heavy atom. The molecule has 4 aliphatic heterocycles. The number of rotatable bonds is 1. The SMILES string of the molecule is COc1ccc2cc1Nc1ncc(F)c(n1)Nc1ccc3c(c1)NC(=O)C(C)(O3)C(=O)CCCCCC(=O)C2. The van der Waals surface area contributed by atoms with Crippen molar-refractivity contribution in [2.75, 3.05) is 23.1 Å². The fraction of sp³-hybridized carbons (Fsp3) is 0.321. The third-order valence-corrected chi connectivity index (χ3v) is 6.79. The summed E-state index contributed by atoms with van der Waals surface area (Å²) in [5, 5.41) is 8.67. The number of aromatic nitrogens is 2. The van der Waals surface area contributed by atoms with E-state index in [0.717, 1.165) is 11.8 Å². The quantitative estimate of drug-likeness (QED) is 0.376. The van der Waals surface area contributed by atoms with E-state index in [1.165, 1.54) is 14.0 Å². The van der Waals surface area contributed by atoms with Crippen LogP contribution in [-0.2, 0) is 20.8 Å². The van der Waals surface area contributed by atoms with Gasteiger partial charge in [0, 0.05) is 24.9 Å². The molecule has 0 saturated carbocycles. The summed E-state index contributed by atoms with van der Waals surface area (Å²) in [7, 11) is 1.52. The van der Waals surface area contributed by atoms with E-state index in [4.69, 9.17) is 9.47 Å². The Bertz CT molecular complexity index is 1460. The molecule has 7 rings (SSSR count). The van der Waals surface area contributed by atoms with Gasteiger partial charge in [-0.2, -0.15) is 4.98 Å². The molecular weight excluding hydrogens is 505 g/mol. The number of carbonyl (C=O) groups is 3. The number of carbonyl (C=O) groups excluding carboxylic acids is 3. The molecule has 39 heavy (non-hydrogen) atoms. The van der Waals surface area contributed by atoms with Gasteiger partial charge in [0.1, 0.15) is 17.3 Å². The Balaban J connectivity index is 1.50. The number of nitrogens with one attached hydrogen (secondary N) is 3. The lowest BCUT2D eigenvalue weighted by molar-refractivity contribution is -0.145. The van der Waals surface area contributed by atoms with Crippen LogP contribution in [-0.4, -0.2) is 40.2 Å². The number of fused-ring (bicyclic) bond motifs is 2. The van der Waals surface area contributed by atoms with Crippen molar-refractivity contribution in [1.82, 2.24) is 9.97 Å². The predicted molar refractivity (Wildman–Crippen MR) is 142 cm³/mol. The summed E-state index contributed by atoms with van der Waals surface area (Å²) in [4.78, 5) is 46.8. The molecule has 0 radical (unpaired) electrons. The fourth-order valence-electron chi connectivity index (χ4n) is 4.56. The van der Waals surface area contributed by atoms with Crippen LogP contribution < -0.4 is 25.4 Å². The van der Waals surface area contributed by atoms with Crippen molar-refractivity contribution >= 4 is 46.3 Å². The van der Waals surface area contributed by atoms with Gasteiger partial charge in [-0.3, -0.25) is 14.4 Å². The Morgan fingerprint density at radius 1 is 0.974 bits per heavy atom. The molecule has 11 heteroatoms. The maximum Gasteiger partial charge on any atom is 0.276 e. The molecule has 2 aromatic carbocycles. The van der Waals surface area contributed by atoms with E-state index in [0.29, 0.717) is 54.2 Å². The molecule has 0 aliphatic carbocycles. The number of amides is 1. The van der Waals surface area contributed by atoms with Crippen LogP contribution in [0, 0.1) is 5.82 Å². The van der Waals surface area contributed by atoms with Crippen LogP contribution in [0.5, 0.6) is 11.5 Å². The van der Waals surface area contributed by atoms with Gasteiger partial charge in [-0.1, -0.05) is 12.5 Å². The van der Waals surface area contributed by atoms with Gasteiger partial charge in [0.2, 0.25) is 11.5 Å². The Labute approximate surface area is 224 Å². The van der Waals surface area contributed by atoms with Crippen molar-refractivity contribution in [2.45, 2.75) is 51.0 Å². The molecule has 8 bridgehead atoms. The standard InChI is InChI=1S/C28H28FN5O5/c1-28-24(36)7-5-3-4-6-18(35)12-16-8-10-22(38-2)20(13-16)33-27-30-15-19(29)25(34-27)31-17-9-11-23(39-28)21(14-17)32-26(28)37/h8-11,13-15H,3-7,12H2,1-2H3,(H,32,37)(H2,30,31,33,34). The average molecular weight is 534 g/mol. The third-order valence-electron chi connectivity index (χ3n) is 6.79. The fourth-order valence-corrected chi connectivity index (χ4v) is 4.56. The largest absolute Gasteiger partial charge is 0.495 e. The monoisotopic (exact) mass is 533 g/mol. The summed E-state index contributed by atoms with van der Waals surface area (Å²) in [5.74, 6) is -0.736. The normalized spacial score (nSPS) is 19.6. The second-order valence-electron chi connectivity index (χ2n) is 9.67. The number of methoxy groups -OCH3 is 1. The summed E-state index contributed by atoms with van der Waals surface area (Å²) in [6.45, 7) is 1.45. The minimum atomic E-state index is -1.67. The van der Waals surface area contributed by atoms with Crippen molar-refractivity contribution in [3.05, 3.63) is 54.0 Å². The van der Waals surface area contributed by atoms with E-state index in [9.17, 15) is 18.8 Å². The van der Waals surface area contributed by atoms with Crippen molar-refractivity contribution < 1.29 is 28.2 Å². The van der Waals surface area contributed by atoms with E-state index in [-0.39, 0.29) is 36.2 Å². The first-order chi connectivity index (χ1) is 18.7. The molecule has 3 N–H and O–H groups in total. The lowest BCUT2D eigenvalue weighted by Crippen LogP contribution is -2.54. The molecule has 1 amide bonds. The molecule has 0 fully saturated rings. The lowest BCUT2D eigenvalue weighted by atomic mass is 9.93. The summed E-state index contributed by atoms with van der Waals surface area (Å²) in [5.41, 5.74) is 0.398. The number of hydrogen-bond acceptors (Lipinski definition) is 9. The Kier molecular flexibility index (Phi) is 7.14. The number of benzene rings is 2. The molecular formula is C28H28FN5O5. The lowest BCUT2D eigenvalue weighted by Gasteiger charge is -2.33. The van der Waals surface area contributed by atoms with Crippen molar-refractivity contribution in [2.24, 2.45) is 0 Å². The molecule has 1 atom stereocenters. The minimum Gasteiger partial charge on any atom is -0.495 e. The van der Waals surface area contributed by atoms with Crippen LogP contribution in [0.4, 0.5) is 33.2 Å². The highest BCUT2D eigenvalue weighted by molar-refractivity contribution is 6.16. The molecule has 4 aliphatic rings. The number of anilines is 5. The second kappa shape index (κ2) is 10.7. The number of ketones is 2. The molecule has 0 saturated heterocycles. The summed E-state index contributed by atoms with van der Waals surface area (Å²) < 4.78 is 26.0. The molecule has 202 valence electrons. The topological polar surface area (TPSA) is 132 Å². The van der Waals surface area contributed by atoms with Gasteiger partial charge in [-0.05, 0) is 55.7 Å². The highest BCUT2D eigenvalue weighted by Gasteiger charge is 2.46. The Hall–Kier alpha value is -4.54. The number of halogens is 1. The zero-order chi connectivity index (χ0) is 27.6. The number of ether oxygens (including phenoxy) is 2. The molecule has 10 nitrogen and oxygen atoms in total. The van der Waals surface area contributed by atoms with E-state index < -0.39 is 17.3 Å². The molecule has 5 heterocycles. The van der Waals surface area contributed by atoms with E-state index in [1.54, 1.807) is 30.3 Å². The first kappa shape index (κ1) is 26.1. The minimum absolute atomic E-state index is 0.0570. The van der Waals surface area contributed by atoms with Crippen LogP contribution in [0.3, 0.4) is 0 Å². The van der Waals surface area contributed by atoms with Crippen LogP contribution in [0.1, 0.15) is 44.6 Å². The van der Waals surface area contributed by atoms with Gasteiger partial charge in [-0.15, -0.1) is 0 Å². The van der Waals surface area contributed by atoms with Gasteiger partial charge >= 0.3 is 0 Å². The summed E-state index contributed by atoms with van der Waals surface area (Å²) in [6, 6.07) is 10.1. The van der Waals surface area contributed by atoms with Crippen LogP contribution in [0.15, 0.2) is 42.6 Å². The van der Waals surface area contributed by atoms with Crippen molar-refractivity contribution in [1.29, 1.82) is 0 Å². The summed E-state index contributed by atoms with van der Waals surface area (Å²) >= 11 is 0. The third kappa shape index (κ3) is 5.52. The second-order valence-corrected chi connectivity index (χ2v) is 9.67. The first-order valence-corrected chi connectivity index (χ1v) is 12.7. The maximum absolute atomic E-state index is 14.6. The van der Waals surface area contributed by atoms with Gasteiger partial charge in [0.15, 0.2) is 17.4 Å². The first-order valence-electron chi connectivity index (χ1n) is 12.7. The smallest absolute Gasteiger partial charge is 0.276 e. The van der Waals surface area contributed by atoms with E-state index in [2.05, 4.69) is 25.9 Å². The number of nitrogens with zero attached hydrogens (tertiary/aromatic N) is 2. The van der Waals surface area contributed by atoms with Gasteiger partial charge < -0.3 is 25.4 Å². The number of hydrogen-bond donors (Lipinski definition) is 3. The van der Waals surface area contributed by atoms with Gasteiger partial charge in [0.05, 0.1) is 24.7 Å². The van der Waals surface area contributed by atoms with Crippen LogP contribution in [0.2, 0.25) is 0 Å². The van der Waals surface area contributed by atoms with Gasteiger partial charge in [0.25, 0.3) is 5.91 Å². The Morgan fingerprint density at radius 3 is 2.62 bits per heavy atom. The van der Waals surface area contributed by atoms with Crippen LogP contribution >= 0.6 is 0 Å². The molecule has 1 unspecified atom stereocenters. The molecule has 3 aromatic rings. The maximum atomic E-state index is 14.6. The molecule has 0 spiro atoms. The zero-order valence-electron chi connectivity index (χ0n) is 21.6. The van der Waals surface area contributed by atoms with Gasteiger partial charge in [-0.25, -0.2) is 9.37 Å². The number of Topliss-reactive ketones (excluding diaryl/α,β-unsaturated/α-hetero) is 2. The molecule has 1 aromatic heterocycles. The van der Waals surface area contributed by atoms with E-state index in [1.807, 2.05) is 6.07 Å². The van der Waals surface area contributed by atoms with Crippen LogP contribution in [0.25, 0.3) is 0 Å². The highest BCUT2D eigenvalue weighted by atomic mass is 19.1.